The average Bonchev–Trinajstić information content (AvgIpc) is 1.95. The summed E-state index contributed by atoms with van der Waals surface area (Å²) in [4.78, 5) is 3.03. The van der Waals surface area contributed by atoms with Gasteiger partial charge >= 0.3 is 0 Å². The van der Waals surface area contributed by atoms with Crippen molar-refractivity contribution in [2.75, 3.05) is 0 Å². The van der Waals surface area contributed by atoms with Gasteiger partial charge in [0.2, 0.25) is 0 Å². The topological polar surface area (TPSA) is 15.8 Å². The van der Waals surface area contributed by atoms with Crippen LogP contribution in [0, 0.1) is 11.4 Å². The first-order valence-corrected chi connectivity index (χ1v) is 3.93. The van der Waals surface area contributed by atoms with Gasteiger partial charge in [-0.3, -0.25) is 0 Å². The number of pyridine rings is 1. The Morgan fingerprint density at radius 1 is 1.70 bits per heavy atom. The van der Waals surface area contributed by atoms with Crippen molar-refractivity contribution in [1.29, 1.82) is 0 Å². The second-order valence-electron chi connectivity index (χ2n) is 2.08. The fourth-order valence-electron chi connectivity index (χ4n) is 0.739. The fraction of sp³-hybridized carbons (Fsp3) is 0.286. The molecule has 0 saturated heterocycles. The number of hydrogen-bond donors (Lipinski definition) is 1. The van der Waals surface area contributed by atoms with E-state index >= 15 is 0 Å². The Hall–Kier alpha value is -0.340. The maximum atomic E-state index is 5.63. The van der Waals surface area contributed by atoms with Gasteiger partial charge < -0.3 is 4.98 Å². The summed E-state index contributed by atoms with van der Waals surface area (Å²) >= 11 is 10.7. The predicted molar refractivity (Wildman–Crippen MR) is 45.9 cm³/mol. The van der Waals surface area contributed by atoms with Crippen molar-refractivity contribution in [2.24, 2.45) is 0 Å². The number of rotatable bonds is 1. The first kappa shape index (κ1) is 7.76. The van der Waals surface area contributed by atoms with Crippen LogP contribution >= 0.6 is 23.8 Å². The molecule has 0 unspecified atom stereocenters. The number of alkyl halides is 1. The lowest BCUT2D eigenvalue weighted by atomic mass is 10.2. The highest BCUT2D eigenvalue weighted by atomic mass is 35.5. The van der Waals surface area contributed by atoms with E-state index in [2.05, 4.69) is 4.98 Å². The van der Waals surface area contributed by atoms with Crippen LogP contribution in [0.2, 0.25) is 0 Å². The van der Waals surface area contributed by atoms with Crippen molar-refractivity contribution >= 4 is 23.8 Å². The molecule has 0 aliphatic carbocycles. The molecule has 1 aromatic rings. The first-order valence-electron chi connectivity index (χ1n) is 2.99. The Balaban J connectivity index is 3.28. The Bertz CT molecular complexity index is 279. The Labute approximate surface area is 70.0 Å². The molecule has 1 N–H and O–H groups in total. The molecule has 1 heterocycles. The van der Waals surface area contributed by atoms with Crippen molar-refractivity contribution in [3.8, 4) is 0 Å². The molecule has 0 fully saturated rings. The highest BCUT2D eigenvalue weighted by Crippen LogP contribution is 2.07. The van der Waals surface area contributed by atoms with Gasteiger partial charge in [-0.15, -0.1) is 11.6 Å². The molecule has 0 radical (unpaired) electrons. The van der Waals surface area contributed by atoms with Crippen molar-refractivity contribution in [2.45, 2.75) is 12.8 Å². The molecule has 0 aromatic carbocycles. The summed E-state index contributed by atoms with van der Waals surface area (Å²) in [5.74, 6) is 0.496. The first-order chi connectivity index (χ1) is 4.75. The van der Waals surface area contributed by atoms with Crippen molar-refractivity contribution < 1.29 is 0 Å². The summed E-state index contributed by atoms with van der Waals surface area (Å²) in [6.45, 7) is 1.97. The largest absolute Gasteiger partial charge is 0.364 e. The number of nitrogens with one attached hydrogen (secondary N) is 1. The quantitative estimate of drug-likeness (QED) is 0.510. The molecule has 54 valence electrons. The van der Waals surface area contributed by atoms with Gasteiger partial charge in [-0.1, -0.05) is 12.2 Å². The van der Waals surface area contributed by atoms with Crippen LogP contribution in [0.3, 0.4) is 0 Å². The Morgan fingerprint density at radius 2 is 2.40 bits per heavy atom. The van der Waals surface area contributed by atoms with E-state index in [0.717, 1.165) is 15.8 Å². The van der Waals surface area contributed by atoms with Gasteiger partial charge in [-0.2, -0.15) is 0 Å². The van der Waals surface area contributed by atoms with Crippen molar-refractivity contribution in [3.05, 3.63) is 28.0 Å². The lowest BCUT2D eigenvalue weighted by Crippen LogP contribution is -1.89. The average molecular weight is 174 g/mol. The van der Waals surface area contributed by atoms with Gasteiger partial charge in [0.05, 0.1) is 5.88 Å². The minimum absolute atomic E-state index is 0.496. The van der Waals surface area contributed by atoms with Crippen LogP contribution in [0.4, 0.5) is 0 Å². The van der Waals surface area contributed by atoms with Crippen LogP contribution in [0.1, 0.15) is 11.3 Å². The molecule has 0 saturated carbocycles. The molecule has 0 aliphatic rings. The number of halogens is 1. The van der Waals surface area contributed by atoms with Crippen molar-refractivity contribution in [3.63, 3.8) is 0 Å². The summed E-state index contributed by atoms with van der Waals surface area (Å²) in [7, 11) is 0. The van der Waals surface area contributed by atoms with Gasteiger partial charge in [0.15, 0.2) is 0 Å². The maximum absolute atomic E-state index is 5.63. The van der Waals surface area contributed by atoms with Gasteiger partial charge in [0.1, 0.15) is 0 Å². The summed E-state index contributed by atoms with van der Waals surface area (Å²) in [6, 6.07) is 1.86. The third-order valence-electron chi connectivity index (χ3n) is 1.45. The number of aromatic amines is 1. The van der Waals surface area contributed by atoms with Crippen LogP contribution < -0.4 is 0 Å². The molecule has 0 bridgehead atoms. The van der Waals surface area contributed by atoms with E-state index in [0.29, 0.717) is 5.88 Å². The van der Waals surface area contributed by atoms with Gasteiger partial charge in [0, 0.05) is 16.4 Å². The zero-order valence-electron chi connectivity index (χ0n) is 5.65. The minimum Gasteiger partial charge on any atom is -0.364 e. The molecule has 0 spiro atoms. The Morgan fingerprint density at radius 3 is 2.90 bits per heavy atom. The van der Waals surface area contributed by atoms with Gasteiger partial charge in [-0.25, -0.2) is 0 Å². The van der Waals surface area contributed by atoms with Crippen LogP contribution in [0.25, 0.3) is 0 Å². The van der Waals surface area contributed by atoms with Gasteiger partial charge in [-0.05, 0) is 18.6 Å². The highest BCUT2D eigenvalue weighted by molar-refractivity contribution is 7.71. The van der Waals surface area contributed by atoms with E-state index < -0.39 is 0 Å². The van der Waals surface area contributed by atoms with E-state index in [1.807, 2.05) is 19.2 Å². The van der Waals surface area contributed by atoms with E-state index in [9.17, 15) is 0 Å². The molecular formula is C7H8ClNS. The third kappa shape index (κ3) is 1.39. The third-order valence-corrected chi connectivity index (χ3v) is 2.16. The molecule has 3 heteroatoms. The zero-order valence-corrected chi connectivity index (χ0v) is 7.22. The highest BCUT2D eigenvalue weighted by Gasteiger charge is 1.95. The van der Waals surface area contributed by atoms with Gasteiger partial charge in [0.25, 0.3) is 0 Å². The van der Waals surface area contributed by atoms with Crippen LogP contribution in [-0.2, 0) is 5.88 Å². The predicted octanol–water partition coefficient (Wildman–Crippen LogP) is 2.79. The second kappa shape index (κ2) is 3.17. The standard InChI is InChI=1S/C7H8ClNS/c1-5-6(4-8)9-3-2-7(5)10/h2-3H,4H2,1H3,(H,9,10). The normalized spacial score (nSPS) is 9.80. The van der Waals surface area contributed by atoms with E-state index in [-0.39, 0.29) is 0 Å². The molecule has 10 heavy (non-hydrogen) atoms. The summed E-state index contributed by atoms with van der Waals surface area (Å²) in [5, 5.41) is 0. The van der Waals surface area contributed by atoms with E-state index in [4.69, 9.17) is 23.8 Å². The molecular weight excluding hydrogens is 166 g/mol. The second-order valence-corrected chi connectivity index (χ2v) is 2.79. The molecule has 1 aromatic heterocycles. The smallest absolute Gasteiger partial charge is 0.0628 e. The Kier molecular flexibility index (Phi) is 2.46. The monoisotopic (exact) mass is 173 g/mol. The summed E-state index contributed by atoms with van der Waals surface area (Å²) in [6.07, 6.45) is 1.81. The summed E-state index contributed by atoms with van der Waals surface area (Å²) in [5.41, 5.74) is 2.08. The number of H-pyrrole nitrogens is 1. The lowest BCUT2D eigenvalue weighted by molar-refractivity contribution is 1.12. The van der Waals surface area contributed by atoms with E-state index in [1.54, 1.807) is 0 Å². The van der Waals surface area contributed by atoms with E-state index in [1.165, 1.54) is 0 Å². The molecule has 1 nitrogen and oxygen atoms in total. The number of hydrogen-bond acceptors (Lipinski definition) is 1. The molecule has 1 rings (SSSR count). The molecule has 0 aliphatic heterocycles. The lowest BCUT2D eigenvalue weighted by Gasteiger charge is -1.99. The molecule has 0 atom stereocenters. The summed E-state index contributed by atoms with van der Waals surface area (Å²) < 4.78 is 0.870. The fourth-order valence-corrected chi connectivity index (χ4v) is 1.21. The molecule has 0 amide bonds. The van der Waals surface area contributed by atoms with Crippen LogP contribution in [0.15, 0.2) is 12.3 Å². The number of aromatic nitrogens is 1. The van der Waals surface area contributed by atoms with Crippen LogP contribution in [0.5, 0.6) is 0 Å². The minimum atomic E-state index is 0.496. The van der Waals surface area contributed by atoms with Crippen LogP contribution in [-0.4, -0.2) is 4.98 Å². The SMILES string of the molecule is Cc1c(CCl)[nH]ccc1=S. The maximum Gasteiger partial charge on any atom is 0.0628 e. The zero-order chi connectivity index (χ0) is 7.56. The van der Waals surface area contributed by atoms with Crippen molar-refractivity contribution in [1.82, 2.24) is 4.98 Å².